The van der Waals surface area contributed by atoms with Crippen LogP contribution >= 0.6 is 0 Å². The molecule has 2 N–H and O–H groups in total. The first-order valence-corrected chi connectivity index (χ1v) is 14.0. The molecule has 0 aliphatic heterocycles. The Morgan fingerprint density at radius 1 is 0.814 bits per heavy atom. The quantitative estimate of drug-likeness (QED) is 0.214. The zero-order valence-corrected chi connectivity index (χ0v) is 24.6. The molecule has 10 nitrogen and oxygen atoms in total. The topological polar surface area (TPSA) is 108 Å². The largest absolute Gasteiger partial charge is 0.492 e. The Kier molecular flexibility index (Phi) is 7.99. The van der Waals surface area contributed by atoms with E-state index in [9.17, 15) is 4.39 Å². The maximum absolute atomic E-state index is 14.6. The molecule has 0 aliphatic rings. The fourth-order valence-electron chi connectivity index (χ4n) is 4.76. The summed E-state index contributed by atoms with van der Waals surface area (Å²) in [6.07, 6.45) is 5.21. The zero-order valence-electron chi connectivity index (χ0n) is 24.6. The van der Waals surface area contributed by atoms with Crippen molar-refractivity contribution in [2.45, 2.75) is 0 Å². The molecular formula is C32H33FN8O2. The minimum absolute atomic E-state index is 0.370. The second-order valence-corrected chi connectivity index (χ2v) is 10.9. The summed E-state index contributed by atoms with van der Waals surface area (Å²) in [6.45, 7) is 2.55. The Morgan fingerprint density at radius 3 is 2.37 bits per heavy atom. The van der Waals surface area contributed by atoms with Gasteiger partial charge in [-0.25, -0.2) is 9.37 Å². The molecule has 0 saturated carbocycles. The minimum Gasteiger partial charge on any atom is -0.492 e. The molecule has 11 heteroatoms. The highest BCUT2D eigenvalue weighted by atomic mass is 19.1. The van der Waals surface area contributed by atoms with Crippen LogP contribution in [0.3, 0.4) is 0 Å². The number of halogens is 1. The van der Waals surface area contributed by atoms with Crippen LogP contribution in [0, 0.1) is 5.82 Å². The number of para-hydroxylation sites is 1. The van der Waals surface area contributed by atoms with Crippen molar-refractivity contribution >= 4 is 21.9 Å². The molecule has 4 heterocycles. The molecule has 2 aromatic carbocycles. The van der Waals surface area contributed by atoms with Gasteiger partial charge >= 0.3 is 0 Å². The van der Waals surface area contributed by atoms with Gasteiger partial charge in [-0.05, 0) is 64.1 Å². The van der Waals surface area contributed by atoms with E-state index in [1.54, 1.807) is 18.6 Å². The summed E-state index contributed by atoms with van der Waals surface area (Å²) in [5.74, 6) is 1.38. The fraction of sp³-hybridized carbons (Fsp3) is 0.250. The molecular weight excluding hydrogens is 547 g/mol. The molecule has 220 valence electrons. The second-order valence-electron chi connectivity index (χ2n) is 10.9. The number of nitrogens with zero attached hydrogens (tertiary/aromatic N) is 6. The minimum atomic E-state index is -0.370. The van der Waals surface area contributed by atoms with Crippen molar-refractivity contribution in [3.63, 3.8) is 0 Å². The number of hydrogen-bond donors (Lipinski definition) is 2. The predicted octanol–water partition coefficient (Wildman–Crippen LogP) is 5.25. The summed E-state index contributed by atoms with van der Waals surface area (Å²) in [7, 11) is 7.94. The lowest BCUT2D eigenvalue weighted by molar-refractivity contribution is 0.260. The van der Waals surface area contributed by atoms with Crippen LogP contribution in [0.25, 0.3) is 55.8 Å². The van der Waals surface area contributed by atoms with E-state index in [-0.39, 0.29) is 5.82 Å². The molecule has 0 unspecified atom stereocenters. The normalized spacial score (nSPS) is 11.7. The molecule has 6 rings (SSSR count). The van der Waals surface area contributed by atoms with Crippen molar-refractivity contribution in [3.8, 4) is 45.4 Å². The third kappa shape index (κ3) is 6.32. The molecule has 6 aromatic rings. The molecule has 0 amide bonds. The predicted molar refractivity (Wildman–Crippen MR) is 166 cm³/mol. The highest BCUT2D eigenvalue weighted by molar-refractivity contribution is 5.97. The van der Waals surface area contributed by atoms with Gasteiger partial charge in [0.15, 0.2) is 5.82 Å². The number of aromatic nitrogens is 6. The van der Waals surface area contributed by atoms with Crippen molar-refractivity contribution in [1.82, 2.24) is 39.9 Å². The van der Waals surface area contributed by atoms with Gasteiger partial charge in [-0.3, -0.25) is 15.1 Å². The van der Waals surface area contributed by atoms with Crippen LogP contribution in [-0.2, 0) is 0 Å². The monoisotopic (exact) mass is 580 g/mol. The number of rotatable bonds is 11. The average molecular weight is 581 g/mol. The zero-order chi connectivity index (χ0) is 29.9. The summed E-state index contributed by atoms with van der Waals surface area (Å²) in [5, 5.41) is 8.48. The third-order valence-corrected chi connectivity index (χ3v) is 6.99. The molecule has 43 heavy (non-hydrogen) atoms. The van der Waals surface area contributed by atoms with Gasteiger partial charge in [-0.1, -0.05) is 12.1 Å². The summed E-state index contributed by atoms with van der Waals surface area (Å²) in [4.78, 5) is 21.4. The molecule has 0 fully saturated rings. The Bertz CT molecular complexity index is 1880. The fourth-order valence-corrected chi connectivity index (χ4v) is 4.76. The lowest BCUT2D eigenvalue weighted by atomic mass is 10.0. The van der Waals surface area contributed by atoms with Crippen LogP contribution in [0.2, 0.25) is 0 Å². The van der Waals surface area contributed by atoms with E-state index in [2.05, 4.69) is 30.0 Å². The van der Waals surface area contributed by atoms with Gasteiger partial charge in [0.1, 0.15) is 36.2 Å². The van der Waals surface area contributed by atoms with Crippen molar-refractivity contribution in [2.75, 3.05) is 54.5 Å². The number of aromatic amines is 2. The lowest BCUT2D eigenvalue weighted by Gasteiger charge is -2.12. The van der Waals surface area contributed by atoms with Crippen molar-refractivity contribution < 1.29 is 13.9 Å². The molecule has 0 atom stereocenters. The highest BCUT2D eigenvalue weighted by Crippen LogP contribution is 2.34. The number of benzene rings is 2. The van der Waals surface area contributed by atoms with Gasteiger partial charge in [0.2, 0.25) is 0 Å². The molecule has 0 saturated heterocycles. The van der Waals surface area contributed by atoms with E-state index in [1.165, 1.54) is 12.1 Å². The number of H-pyrrole nitrogens is 2. The van der Waals surface area contributed by atoms with E-state index in [4.69, 9.17) is 14.5 Å². The molecule has 0 radical (unpaired) electrons. The van der Waals surface area contributed by atoms with Gasteiger partial charge in [0.25, 0.3) is 0 Å². The summed E-state index contributed by atoms with van der Waals surface area (Å²) in [5.41, 5.74) is 5.98. The van der Waals surface area contributed by atoms with E-state index in [0.29, 0.717) is 47.3 Å². The summed E-state index contributed by atoms with van der Waals surface area (Å²) in [6, 6.07) is 14.4. The van der Waals surface area contributed by atoms with Gasteiger partial charge in [0.05, 0.1) is 34.6 Å². The van der Waals surface area contributed by atoms with Crippen molar-refractivity contribution in [3.05, 3.63) is 72.9 Å². The third-order valence-electron chi connectivity index (χ3n) is 6.99. The van der Waals surface area contributed by atoms with Crippen molar-refractivity contribution in [1.29, 1.82) is 0 Å². The Balaban J connectivity index is 1.33. The SMILES string of the molecule is CN(C)CCOc1cncc(-c2cc3c(-c4nc5c(-c6cc(F)cc(OCCN(C)C)c6)cccc5[nH]4)n[nH]c3cn2)c1. The van der Waals surface area contributed by atoms with Crippen LogP contribution in [0.1, 0.15) is 0 Å². The van der Waals surface area contributed by atoms with Crippen LogP contribution in [0.5, 0.6) is 11.5 Å². The Hall–Kier alpha value is -4.87. The summed E-state index contributed by atoms with van der Waals surface area (Å²) < 4.78 is 26.3. The van der Waals surface area contributed by atoms with E-state index < -0.39 is 0 Å². The van der Waals surface area contributed by atoms with Crippen LogP contribution in [-0.4, -0.2) is 94.4 Å². The van der Waals surface area contributed by atoms with E-state index in [1.807, 2.05) is 69.5 Å². The van der Waals surface area contributed by atoms with Gasteiger partial charge in [0, 0.05) is 41.9 Å². The number of likely N-dealkylation sites (N-methyl/N-ethyl adjacent to an activating group) is 2. The molecule has 0 bridgehead atoms. The standard InChI is InChI=1S/C32H33FN8O2/c1-40(2)8-10-42-23-13-20(12-22(33)15-23)25-6-5-7-27-30(25)37-32(36-27)31-26-16-28(35-19-29(26)38-39-31)21-14-24(18-34-17-21)43-11-9-41(3)4/h5-7,12-19H,8-11H2,1-4H3,(H,36,37)(H,38,39). The Morgan fingerprint density at radius 2 is 1.58 bits per heavy atom. The molecule has 0 spiro atoms. The second kappa shape index (κ2) is 12.2. The van der Waals surface area contributed by atoms with Crippen LogP contribution in [0.15, 0.2) is 67.1 Å². The van der Waals surface area contributed by atoms with Gasteiger partial charge < -0.3 is 24.3 Å². The summed E-state index contributed by atoms with van der Waals surface area (Å²) >= 11 is 0. The molecule has 0 aliphatic carbocycles. The molecule has 4 aromatic heterocycles. The van der Waals surface area contributed by atoms with E-state index >= 15 is 0 Å². The number of ether oxygens (including phenoxy) is 2. The van der Waals surface area contributed by atoms with Crippen molar-refractivity contribution in [2.24, 2.45) is 0 Å². The maximum Gasteiger partial charge on any atom is 0.159 e. The number of pyridine rings is 2. The first-order chi connectivity index (χ1) is 20.8. The van der Waals surface area contributed by atoms with Gasteiger partial charge in [-0.2, -0.15) is 5.10 Å². The Labute approximate surface area is 248 Å². The van der Waals surface area contributed by atoms with Gasteiger partial charge in [-0.15, -0.1) is 0 Å². The first-order valence-electron chi connectivity index (χ1n) is 14.0. The average Bonchev–Trinajstić information content (AvgIpc) is 3.60. The number of imidazole rings is 1. The number of nitrogens with one attached hydrogen (secondary N) is 2. The van der Waals surface area contributed by atoms with Crippen LogP contribution < -0.4 is 9.47 Å². The smallest absolute Gasteiger partial charge is 0.159 e. The number of fused-ring (bicyclic) bond motifs is 2. The maximum atomic E-state index is 14.6. The van der Waals surface area contributed by atoms with E-state index in [0.717, 1.165) is 46.3 Å². The highest BCUT2D eigenvalue weighted by Gasteiger charge is 2.17. The number of hydrogen-bond acceptors (Lipinski definition) is 8. The first kappa shape index (κ1) is 28.3. The lowest BCUT2D eigenvalue weighted by Crippen LogP contribution is -2.19. The van der Waals surface area contributed by atoms with Crippen LogP contribution in [0.4, 0.5) is 4.39 Å².